The second-order valence-corrected chi connectivity index (χ2v) is 5.33. The SMILES string of the molecule is CCN(CC)CCn1cc(NC(=O)Nc2ccc(OC)cc2)cn1. The van der Waals surface area contributed by atoms with E-state index >= 15 is 0 Å². The normalized spacial score (nSPS) is 10.7. The van der Waals surface area contributed by atoms with Crippen molar-refractivity contribution < 1.29 is 9.53 Å². The Balaban J connectivity index is 1.83. The van der Waals surface area contributed by atoms with Crippen LogP contribution < -0.4 is 15.4 Å². The molecule has 1 aromatic heterocycles. The van der Waals surface area contributed by atoms with Crippen LogP contribution in [0, 0.1) is 0 Å². The zero-order valence-electron chi connectivity index (χ0n) is 14.5. The van der Waals surface area contributed by atoms with Gasteiger partial charge in [0.15, 0.2) is 0 Å². The standard InChI is InChI=1S/C17H25N5O2/c1-4-21(5-2)10-11-22-13-15(12-18-22)20-17(23)19-14-6-8-16(24-3)9-7-14/h6-9,12-13H,4-5,10-11H2,1-3H3,(H2,19,20,23). The number of carbonyl (C=O) groups excluding carboxylic acids is 1. The van der Waals surface area contributed by atoms with Gasteiger partial charge in [0.25, 0.3) is 0 Å². The molecule has 1 aromatic carbocycles. The summed E-state index contributed by atoms with van der Waals surface area (Å²) in [4.78, 5) is 14.3. The Bertz CT molecular complexity index is 635. The number of urea groups is 1. The summed E-state index contributed by atoms with van der Waals surface area (Å²) in [5.74, 6) is 0.746. The Morgan fingerprint density at radius 2 is 1.83 bits per heavy atom. The van der Waals surface area contributed by atoms with Crippen molar-refractivity contribution >= 4 is 17.4 Å². The minimum Gasteiger partial charge on any atom is -0.497 e. The predicted octanol–water partition coefficient (Wildman–Crippen LogP) is 2.88. The first-order valence-electron chi connectivity index (χ1n) is 8.11. The highest BCUT2D eigenvalue weighted by Gasteiger charge is 2.06. The number of amides is 2. The minimum absolute atomic E-state index is 0.302. The number of ether oxygens (including phenoxy) is 1. The van der Waals surface area contributed by atoms with Crippen molar-refractivity contribution in [2.45, 2.75) is 20.4 Å². The number of likely N-dealkylation sites (N-methyl/N-ethyl adjacent to an activating group) is 1. The maximum Gasteiger partial charge on any atom is 0.323 e. The molecule has 2 rings (SSSR count). The number of carbonyl (C=O) groups is 1. The van der Waals surface area contributed by atoms with Gasteiger partial charge in [-0.2, -0.15) is 5.10 Å². The first-order chi connectivity index (χ1) is 11.6. The van der Waals surface area contributed by atoms with Crippen LogP contribution >= 0.6 is 0 Å². The molecule has 0 unspecified atom stereocenters. The Kier molecular flexibility index (Phi) is 6.62. The van der Waals surface area contributed by atoms with E-state index in [1.54, 1.807) is 37.6 Å². The average molecular weight is 331 g/mol. The smallest absolute Gasteiger partial charge is 0.323 e. The quantitative estimate of drug-likeness (QED) is 0.780. The van der Waals surface area contributed by atoms with Crippen LogP contribution in [0.1, 0.15) is 13.8 Å². The summed E-state index contributed by atoms with van der Waals surface area (Å²) in [5, 5.41) is 9.82. The molecule has 0 bridgehead atoms. The van der Waals surface area contributed by atoms with Crippen molar-refractivity contribution in [1.29, 1.82) is 0 Å². The van der Waals surface area contributed by atoms with Gasteiger partial charge in [0, 0.05) is 18.4 Å². The number of nitrogens with one attached hydrogen (secondary N) is 2. The van der Waals surface area contributed by atoms with E-state index in [-0.39, 0.29) is 6.03 Å². The second-order valence-electron chi connectivity index (χ2n) is 5.33. The van der Waals surface area contributed by atoms with Gasteiger partial charge < -0.3 is 20.3 Å². The van der Waals surface area contributed by atoms with Crippen molar-refractivity contribution in [2.75, 3.05) is 37.4 Å². The lowest BCUT2D eigenvalue weighted by Crippen LogP contribution is -2.27. The molecule has 7 nitrogen and oxygen atoms in total. The first-order valence-corrected chi connectivity index (χ1v) is 8.11. The van der Waals surface area contributed by atoms with Gasteiger partial charge in [0.1, 0.15) is 5.75 Å². The molecule has 0 aliphatic carbocycles. The third-order valence-electron chi connectivity index (χ3n) is 3.78. The summed E-state index contributed by atoms with van der Waals surface area (Å²) in [6.07, 6.45) is 3.48. The highest BCUT2D eigenvalue weighted by atomic mass is 16.5. The predicted molar refractivity (Wildman–Crippen MR) is 95.7 cm³/mol. The summed E-state index contributed by atoms with van der Waals surface area (Å²) in [5.41, 5.74) is 1.36. The monoisotopic (exact) mass is 331 g/mol. The molecule has 2 aromatic rings. The maximum absolute atomic E-state index is 12.0. The Labute approximate surface area is 142 Å². The van der Waals surface area contributed by atoms with Gasteiger partial charge in [-0.3, -0.25) is 4.68 Å². The van der Waals surface area contributed by atoms with Crippen LogP contribution in [0.2, 0.25) is 0 Å². The van der Waals surface area contributed by atoms with E-state index in [9.17, 15) is 4.79 Å². The topological polar surface area (TPSA) is 71.4 Å². The molecule has 2 amide bonds. The number of nitrogens with zero attached hydrogens (tertiary/aromatic N) is 3. The molecule has 0 fully saturated rings. The average Bonchev–Trinajstić information content (AvgIpc) is 3.03. The molecule has 2 N–H and O–H groups in total. The van der Waals surface area contributed by atoms with Crippen molar-refractivity contribution in [3.63, 3.8) is 0 Å². The van der Waals surface area contributed by atoms with Crippen LogP contribution in [0.5, 0.6) is 5.75 Å². The molecule has 24 heavy (non-hydrogen) atoms. The van der Waals surface area contributed by atoms with E-state index in [1.165, 1.54) is 0 Å². The van der Waals surface area contributed by atoms with Gasteiger partial charge in [0.05, 0.1) is 25.5 Å². The number of hydrogen-bond acceptors (Lipinski definition) is 4. The summed E-state index contributed by atoms with van der Waals surface area (Å²) < 4.78 is 6.92. The van der Waals surface area contributed by atoms with E-state index in [0.29, 0.717) is 11.4 Å². The van der Waals surface area contributed by atoms with Crippen LogP contribution in [0.15, 0.2) is 36.7 Å². The van der Waals surface area contributed by atoms with Crippen molar-refractivity contribution in [2.24, 2.45) is 0 Å². The molecule has 0 saturated heterocycles. The summed E-state index contributed by atoms with van der Waals surface area (Å²) in [6.45, 7) is 8.06. The van der Waals surface area contributed by atoms with Gasteiger partial charge in [-0.1, -0.05) is 13.8 Å². The lowest BCUT2D eigenvalue weighted by molar-refractivity contribution is 0.262. The van der Waals surface area contributed by atoms with Gasteiger partial charge in [-0.15, -0.1) is 0 Å². The third-order valence-corrected chi connectivity index (χ3v) is 3.78. The number of benzene rings is 1. The summed E-state index contributed by atoms with van der Waals surface area (Å²) in [6, 6.07) is 6.85. The van der Waals surface area contributed by atoms with E-state index in [4.69, 9.17) is 4.74 Å². The van der Waals surface area contributed by atoms with Gasteiger partial charge in [-0.25, -0.2) is 4.79 Å². The number of aromatic nitrogens is 2. The van der Waals surface area contributed by atoms with Crippen molar-refractivity contribution in [3.05, 3.63) is 36.7 Å². The molecule has 0 atom stereocenters. The molecule has 0 radical (unpaired) electrons. The highest BCUT2D eigenvalue weighted by Crippen LogP contribution is 2.15. The molecular weight excluding hydrogens is 306 g/mol. The zero-order chi connectivity index (χ0) is 17.4. The lowest BCUT2D eigenvalue weighted by Gasteiger charge is -2.17. The highest BCUT2D eigenvalue weighted by molar-refractivity contribution is 5.99. The van der Waals surface area contributed by atoms with Crippen LogP contribution in [-0.2, 0) is 6.54 Å². The Morgan fingerprint density at radius 1 is 1.17 bits per heavy atom. The minimum atomic E-state index is -0.302. The maximum atomic E-state index is 12.0. The second kappa shape index (κ2) is 8.93. The van der Waals surface area contributed by atoms with E-state index in [1.807, 2.05) is 10.9 Å². The van der Waals surface area contributed by atoms with Crippen molar-refractivity contribution in [3.8, 4) is 5.75 Å². The Morgan fingerprint density at radius 3 is 2.46 bits per heavy atom. The molecule has 7 heteroatoms. The number of hydrogen-bond donors (Lipinski definition) is 2. The fourth-order valence-electron chi connectivity index (χ4n) is 2.30. The van der Waals surface area contributed by atoms with Crippen LogP contribution in [0.25, 0.3) is 0 Å². The fraction of sp³-hybridized carbons (Fsp3) is 0.412. The van der Waals surface area contributed by atoms with Gasteiger partial charge in [-0.05, 0) is 37.4 Å². The first kappa shape index (κ1) is 17.8. The van der Waals surface area contributed by atoms with E-state index in [0.717, 1.165) is 31.9 Å². The molecule has 130 valence electrons. The van der Waals surface area contributed by atoms with E-state index in [2.05, 4.69) is 34.5 Å². The largest absolute Gasteiger partial charge is 0.497 e. The molecule has 0 saturated carbocycles. The summed E-state index contributed by atoms with van der Waals surface area (Å²) >= 11 is 0. The molecule has 0 aliphatic rings. The Hall–Kier alpha value is -2.54. The van der Waals surface area contributed by atoms with Crippen molar-refractivity contribution in [1.82, 2.24) is 14.7 Å². The van der Waals surface area contributed by atoms with E-state index < -0.39 is 0 Å². The molecule has 1 heterocycles. The summed E-state index contributed by atoms with van der Waals surface area (Å²) in [7, 11) is 1.60. The van der Waals surface area contributed by atoms with Gasteiger partial charge >= 0.3 is 6.03 Å². The number of rotatable bonds is 8. The lowest BCUT2D eigenvalue weighted by atomic mass is 10.3. The van der Waals surface area contributed by atoms with Gasteiger partial charge in [0.2, 0.25) is 0 Å². The zero-order valence-corrected chi connectivity index (χ0v) is 14.5. The molecular formula is C17H25N5O2. The van der Waals surface area contributed by atoms with Crippen LogP contribution in [-0.4, -0.2) is 47.5 Å². The number of methoxy groups -OCH3 is 1. The fourth-order valence-corrected chi connectivity index (χ4v) is 2.30. The molecule has 0 spiro atoms. The number of anilines is 2. The molecule has 0 aliphatic heterocycles. The van der Waals surface area contributed by atoms with Crippen LogP contribution in [0.4, 0.5) is 16.2 Å². The van der Waals surface area contributed by atoms with Crippen LogP contribution in [0.3, 0.4) is 0 Å². The third kappa shape index (κ3) is 5.27.